The summed E-state index contributed by atoms with van der Waals surface area (Å²) in [6.07, 6.45) is 7.57. The van der Waals surface area contributed by atoms with Crippen molar-refractivity contribution >= 4 is 11.9 Å². The number of carbonyl (C=O) groups is 2. The molecule has 0 atom stereocenters. The first-order valence-corrected chi connectivity index (χ1v) is 7.11. The monoisotopic (exact) mass is 279 g/mol. The third kappa shape index (κ3) is 3.37. The third-order valence-corrected chi connectivity index (χ3v) is 3.78. The van der Waals surface area contributed by atoms with Gasteiger partial charge in [-0.15, -0.1) is 0 Å². The summed E-state index contributed by atoms with van der Waals surface area (Å²) < 4.78 is 1.73. The lowest BCUT2D eigenvalue weighted by atomic mass is 9.93. The van der Waals surface area contributed by atoms with Crippen molar-refractivity contribution in [3.63, 3.8) is 0 Å². The van der Waals surface area contributed by atoms with Crippen LogP contribution < -0.4 is 5.32 Å². The fraction of sp³-hybridized carbons (Fsp3) is 0.643. The minimum Gasteiger partial charge on any atom is -0.481 e. The zero-order valence-electron chi connectivity index (χ0n) is 11.8. The lowest BCUT2D eigenvalue weighted by Crippen LogP contribution is -2.47. The van der Waals surface area contributed by atoms with Crippen LogP contribution in [0, 0.1) is 0 Å². The van der Waals surface area contributed by atoms with E-state index in [1.165, 1.54) is 6.20 Å². The molecule has 1 aliphatic carbocycles. The van der Waals surface area contributed by atoms with Crippen molar-refractivity contribution < 1.29 is 14.7 Å². The molecule has 1 aromatic rings. The van der Waals surface area contributed by atoms with Gasteiger partial charge in [0.1, 0.15) is 0 Å². The van der Waals surface area contributed by atoms with Crippen molar-refractivity contribution in [1.29, 1.82) is 0 Å². The van der Waals surface area contributed by atoms with Gasteiger partial charge in [-0.1, -0.05) is 19.8 Å². The Morgan fingerprint density at radius 3 is 2.75 bits per heavy atom. The third-order valence-electron chi connectivity index (χ3n) is 3.78. The van der Waals surface area contributed by atoms with E-state index in [4.69, 9.17) is 5.11 Å². The van der Waals surface area contributed by atoms with Gasteiger partial charge in [0.15, 0.2) is 0 Å². The van der Waals surface area contributed by atoms with Crippen LogP contribution in [0.1, 0.15) is 55.8 Å². The van der Waals surface area contributed by atoms with Crippen LogP contribution in [0.15, 0.2) is 12.4 Å². The average molecular weight is 279 g/mol. The second-order valence-corrected chi connectivity index (χ2v) is 5.50. The quantitative estimate of drug-likeness (QED) is 0.831. The smallest absolute Gasteiger partial charge is 0.305 e. The molecule has 6 heteroatoms. The molecule has 2 rings (SSSR count). The molecule has 1 saturated carbocycles. The molecule has 0 bridgehead atoms. The summed E-state index contributed by atoms with van der Waals surface area (Å²) in [5.41, 5.74) is -0.0921. The van der Waals surface area contributed by atoms with Gasteiger partial charge in [-0.25, -0.2) is 0 Å². The Morgan fingerprint density at radius 2 is 2.15 bits per heavy atom. The van der Waals surface area contributed by atoms with Gasteiger partial charge >= 0.3 is 5.97 Å². The zero-order chi connectivity index (χ0) is 14.6. The van der Waals surface area contributed by atoms with Crippen LogP contribution in [0.5, 0.6) is 0 Å². The molecule has 1 heterocycles. The second kappa shape index (κ2) is 6.07. The van der Waals surface area contributed by atoms with Gasteiger partial charge in [-0.2, -0.15) is 5.10 Å². The number of nitrogens with one attached hydrogen (secondary N) is 1. The van der Waals surface area contributed by atoms with Crippen LogP contribution in [0.2, 0.25) is 0 Å². The van der Waals surface area contributed by atoms with Gasteiger partial charge in [-0.3, -0.25) is 14.3 Å². The van der Waals surface area contributed by atoms with E-state index in [9.17, 15) is 9.59 Å². The highest BCUT2D eigenvalue weighted by molar-refractivity contribution is 5.94. The van der Waals surface area contributed by atoms with Gasteiger partial charge in [0.2, 0.25) is 0 Å². The largest absolute Gasteiger partial charge is 0.481 e. The fourth-order valence-electron chi connectivity index (χ4n) is 2.83. The van der Waals surface area contributed by atoms with E-state index in [0.29, 0.717) is 5.56 Å². The van der Waals surface area contributed by atoms with Gasteiger partial charge < -0.3 is 10.4 Å². The van der Waals surface area contributed by atoms with Crippen molar-refractivity contribution in [2.75, 3.05) is 0 Å². The summed E-state index contributed by atoms with van der Waals surface area (Å²) in [5, 5.41) is 16.1. The number of hydrogen-bond acceptors (Lipinski definition) is 3. The summed E-state index contributed by atoms with van der Waals surface area (Å²) in [6.45, 7) is 2.81. The molecule has 6 nitrogen and oxygen atoms in total. The lowest BCUT2D eigenvalue weighted by Gasteiger charge is -2.28. The van der Waals surface area contributed by atoms with Gasteiger partial charge in [0.05, 0.1) is 23.7 Å². The Bertz CT molecular complexity index is 490. The van der Waals surface area contributed by atoms with E-state index < -0.39 is 11.5 Å². The maximum absolute atomic E-state index is 12.2. The van der Waals surface area contributed by atoms with E-state index in [2.05, 4.69) is 10.4 Å². The summed E-state index contributed by atoms with van der Waals surface area (Å²) in [5.74, 6) is -1.09. The first-order valence-electron chi connectivity index (χ1n) is 7.11. The fourth-order valence-corrected chi connectivity index (χ4v) is 2.83. The Balaban J connectivity index is 2.05. The number of carboxylic acid groups (broad SMARTS) is 1. The molecular weight excluding hydrogens is 258 g/mol. The first-order chi connectivity index (χ1) is 9.54. The SMILES string of the molecule is CCCn1cc(C(=O)NC2(CC(=O)O)CCCC2)cn1. The molecule has 0 saturated heterocycles. The van der Waals surface area contributed by atoms with Gasteiger partial charge in [0.25, 0.3) is 5.91 Å². The predicted molar refractivity (Wildman–Crippen MR) is 73.4 cm³/mol. The predicted octanol–water partition coefficient (Wildman–Crippen LogP) is 1.81. The number of aliphatic carboxylic acids is 1. The van der Waals surface area contributed by atoms with E-state index >= 15 is 0 Å². The van der Waals surface area contributed by atoms with E-state index in [-0.39, 0.29) is 12.3 Å². The Morgan fingerprint density at radius 1 is 1.45 bits per heavy atom. The summed E-state index contributed by atoms with van der Waals surface area (Å²) in [7, 11) is 0. The molecular formula is C14H21N3O3. The molecule has 20 heavy (non-hydrogen) atoms. The highest BCUT2D eigenvalue weighted by Gasteiger charge is 2.37. The minimum atomic E-state index is -0.867. The van der Waals surface area contributed by atoms with Crippen LogP contribution in [-0.4, -0.2) is 32.3 Å². The summed E-state index contributed by atoms with van der Waals surface area (Å²) in [6, 6.07) is 0. The van der Waals surface area contributed by atoms with E-state index in [1.807, 2.05) is 6.92 Å². The van der Waals surface area contributed by atoms with Crippen LogP contribution >= 0.6 is 0 Å². The van der Waals surface area contributed by atoms with E-state index in [1.54, 1.807) is 10.9 Å². The first kappa shape index (κ1) is 14.6. The number of aromatic nitrogens is 2. The molecule has 1 aliphatic rings. The molecule has 0 aliphatic heterocycles. The number of rotatable bonds is 6. The lowest BCUT2D eigenvalue weighted by molar-refractivity contribution is -0.138. The number of aryl methyl sites for hydroxylation is 1. The van der Waals surface area contributed by atoms with Crippen LogP contribution in [0.25, 0.3) is 0 Å². The molecule has 1 aromatic heterocycles. The molecule has 1 amide bonds. The van der Waals surface area contributed by atoms with Gasteiger partial charge in [-0.05, 0) is 19.3 Å². The van der Waals surface area contributed by atoms with Gasteiger partial charge in [0, 0.05) is 12.7 Å². The Kier molecular flexibility index (Phi) is 4.42. The number of amides is 1. The van der Waals surface area contributed by atoms with Crippen molar-refractivity contribution in [2.45, 2.75) is 57.5 Å². The maximum atomic E-state index is 12.2. The van der Waals surface area contributed by atoms with E-state index in [0.717, 1.165) is 38.6 Å². The topological polar surface area (TPSA) is 84.2 Å². The highest BCUT2D eigenvalue weighted by atomic mass is 16.4. The normalized spacial score (nSPS) is 17.1. The number of hydrogen-bond donors (Lipinski definition) is 2. The molecule has 0 radical (unpaired) electrons. The van der Waals surface area contributed by atoms with Crippen LogP contribution in [0.3, 0.4) is 0 Å². The zero-order valence-corrected chi connectivity index (χ0v) is 11.8. The van der Waals surface area contributed by atoms with Crippen molar-refractivity contribution in [2.24, 2.45) is 0 Å². The summed E-state index contributed by atoms with van der Waals surface area (Å²) >= 11 is 0. The standard InChI is InChI=1S/C14H21N3O3/c1-2-7-17-10-11(9-15-17)13(20)16-14(8-12(18)19)5-3-4-6-14/h9-10H,2-8H2,1H3,(H,16,20)(H,18,19). The molecule has 1 fully saturated rings. The second-order valence-electron chi connectivity index (χ2n) is 5.50. The summed E-state index contributed by atoms with van der Waals surface area (Å²) in [4.78, 5) is 23.2. The molecule has 0 unspecified atom stereocenters. The van der Waals surface area contributed by atoms with Crippen molar-refractivity contribution in [3.8, 4) is 0 Å². The molecule has 0 aromatic carbocycles. The molecule has 2 N–H and O–H groups in total. The molecule has 110 valence electrons. The number of carboxylic acids is 1. The Hall–Kier alpha value is -1.85. The molecule has 0 spiro atoms. The van der Waals surface area contributed by atoms with Crippen LogP contribution in [-0.2, 0) is 11.3 Å². The van der Waals surface area contributed by atoms with Crippen molar-refractivity contribution in [3.05, 3.63) is 18.0 Å². The number of nitrogens with zero attached hydrogens (tertiary/aromatic N) is 2. The Labute approximate surface area is 118 Å². The number of carbonyl (C=O) groups excluding carboxylic acids is 1. The van der Waals surface area contributed by atoms with Crippen molar-refractivity contribution in [1.82, 2.24) is 15.1 Å². The average Bonchev–Trinajstić information content (AvgIpc) is 2.98. The minimum absolute atomic E-state index is 0.0121. The highest BCUT2D eigenvalue weighted by Crippen LogP contribution is 2.32. The maximum Gasteiger partial charge on any atom is 0.305 e. The van der Waals surface area contributed by atoms with Crippen LogP contribution in [0.4, 0.5) is 0 Å².